The van der Waals surface area contributed by atoms with Crippen molar-refractivity contribution in [1.29, 1.82) is 5.26 Å². The molecular formula is C22H15Cl2N3O2. The van der Waals surface area contributed by atoms with Gasteiger partial charge in [0.25, 0.3) is 5.56 Å². The summed E-state index contributed by atoms with van der Waals surface area (Å²) in [5.74, 6) is -0.239. The quantitative estimate of drug-likeness (QED) is 0.430. The number of Topliss-reactive ketones (excluding diaryl/α,β-unsaturated/α-hetero) is 1. The van der Waals surface area contributed by atoms with E-state index in [4.69, 9.17) is 28.5 Å². The monoisotopic (exact) mass is 423 g/mol. The number of nitrogens with zero attached hydrogens (tertiary/aromatic N) is 3. The Hall–Kier alpha value is -3.07. The molecule has 0 bridgehead atoms. The van der Waals surface area contributed by atoms with Crippen molar-refractivity contribution in [3.8, 4) is 17.2 Å². The van der Waals surface area contributed by atoms with Gasteiger partial charge in [0.1, 0.15) is 5.65 Å². The van der Waals surface area contributed by atoms with Gasteiger partial charge < -0.3 is 4.57 Å². The number of aromatic nitrogens is 2. The number of fused-ring (bicyclic) bond motifs is 3. The lowest BCUT2D eigenvalue weighted by Crippen LogP contribution is -2.20. The maximum atomic E-state index is 13.1. The van der Waals surface area contributed by atoms with Crippen LogP contribution < -0.4 is 5.56 Å². The van der Waals surface area contributed by atoms with Gasteiger partial charge in [-0.15, -0.1) is 0 Å². The molecule has 0 fully saturated rings. The fraction of sp³-hybridized carbons (Fsp3) is 0.136. The Labute approximate surface area is 176 Å². The third-order valence-electron chi connectivity index (χ3n) is 5.13. The molecule has 4 aromatic rings. The fourth-order valence-electron chi connectivity index (χ4n) is 3.74. The maximum absolute atomic E-state index is 13.1. The Morgan fingerprint density at radius 3 is 2.45 bits per heavy atom. The maximum Gasteiger partial charge on any atom is 0.259 e. The van der Waals surface area contributed by atoms with Crippen LogP contribution in [0.5, 0.6) is 0 Å². The SMILES string of the molecule is Cn1c(=O)c(-c2ccc(Cl)cc2Cl)cc2c3cc(C(=O)CC#N)ccc3n(C)c21. The van der Waals surface area contributed by atoms with Crippen LogP contribution in [0, 0.1) is 11.3 Å². The number of halogens is 2. The second-order valence-electron chi connectivity index (χ2n) is 6.83. The normalized spacial score (nSPS) is 11.1. The van der Waals surface area contributed by atoms with Crippen LogP contribution in [0.4, 0.5) is 0 Å². The first-order chi connectivity index (χ1) is 13.8. The van der Waals surface area contributed by atoms with Crippen molar-refractivity contribution in [2.24, 2.45) is 14.1 Å². The van der Waals surface area contributed by atoms with Crippen LogP contribution in [0.1, 0.15) is 16.8 Å². The number of benzene rings is 2. The predicted octanol–water partition coefficient (Wildman–Crippen LogP) is 5.10. The molecule has 144 valence electrons. The molecule has 4 rings (SSSR count). The summed E-state index contributed by atoms with van der Waals surface area (Å²) < 4.78 is 3.49. The van der Waals surface area contributed by atoms with Crippen LogP contribution in [-0.2, 0) is 14.1 Å². The third-order valence-corrected chi connectivity index (χ3v) is 5.68. The van der Waals surface area contributed by atoms with Crippen molar-refractivity contribution in [3.63, 3.8) is 0 Å². The highest BCUT2D eigenvalue weighted by Crippen LogP contribution is 2.33. The molecule has 0 aliphatic heterocycles. The number of hydrogen-bond donors (Lipinski definition) is 0. The molecule has 2 aromatic carbocycles. The minimum Gasteiger partial charge on any atom is -0.330 e. The largest absolute Gasteiger partial charge is 0.330 e. The molecule has 0 amide bonds. The van der Waals surface area contributed by atoms with E-state index in [-0.39, 0.29) is 17.8 Å². The fourth-order valence-corrected chi connectivity index (χ4v) is 4.25. The van der Waals surface area contributed by atoms with E-state index in [9.17, 15) is 9.59 Å². The summed E-state index contributed by atoms with van der Waals surface area (Å²) in [5, 5.41) is 11.3. The summed E-state index contributed by atoms with van der Waals surface area (Å²) in [6.45, 7) is 0. The van der Waals surface area contributed by atoms with Crippen LogP contribution in [0.15, 0.2) is 47.3 Å². The van der Waals surface area contributed by atoms with Gasteiger partial charge in [-0.3, -0.25) is 14.2 Å². The molecule has 5 nitrogen and oxygen atoms in total. The van der Waals surface area contributed by atoms with Gasteiger partial charge >= 0.3 is 0 Å². The van der Waals surface area contributed by atoms with E-state index in [1.54, 1.807) is 48.0 Å². The van der Waals surface area contributed by atoms with Crippen LogP contribution in [0.2, 0.25) is 10.0 Å². The van der Waals surface area contributed by atoms with Gasteiger partial charge in [0.2, 0.25) is 0 Å². The highest BCUT2D eigenvalue weighted by Gasteiger charge is 2.18. The Kier molecular flexibility index (Phi) is 4.70. The molecule has 0 N–H and O–H groups in total. The van der Waals surface area contributed by atoms with Crippen molar-refractivity contribution in [2.75, 3.05) is 0 Å². The summed E-state index contributed by atoms with van der Waals surface area (Å²) in [4.78, 5) is 25.3. The van der Waals surface area contributed by atoms with Gasteiger partial charge in [0, 0.05) is 46.6 Å². The van der Waals surface area contributed by atoms with E-state index in [2.05, 4.69) is 0 Å². The molecule has 0 unspecified atom stereocenters. The predicted molar refractivity (Wildman–Crippen MR) is 116 cm³/mol. The summed E-state index contributed by atoms with van der Waals surface area (Å²) in [6, 6.07) is 14.0. The summed E-state index contributed by atoms with van der Waals surface area (Å²) >= 11 is 12.4. The molecule has 29 heavy (non-hydrogen) atoms. The zero-order valence-electron chi connectivity index (χ0n) is 15.7. The van der Waals surface area contributed by atoms with Crippen LogP contribution >= 0.6 is 23.2 Å². The Balaban J connectivity index is 2.08. The number of aryl methyl sites for hydroxylation is 2. The van der Waals surface area contributed by atoms with Crippen molar-refractivity contribution in [2.45, 2.75) is 6.42 Å². The first-order valence-corrected chi connectivity index (χ1v) is 9.57. The van der Waals surface area contributed by atoms with E-state index >= 15 is 0 Å². The van der Waals surface area contributed by atoms with Gasteiger partial charge in [0.15, 0.2) is 5.78 Å². The molecule has 0 radical (unpaired) electrons. The topological polar surface area (TPSA) is 67.8 Å². The Bertz CT molecular complexity index is 1420. The smallest absolute Gasteiger partial charge is 0.259 e. The zero-order valence-corrected chi connectivity index (χ0v) is 17.2. The lowest BCUT2D eigenvalue weighted by molar-refractivity contribution is 0.0998. The molecule has 0 saturated carbocycles. The average Bonchev–Trinajstić information content (AvgIpc) is 2.97. The van der Waals surface area contributed by atoms with E-state index < -0.39 is 0 Å². The summed E-state index contributed by atoms with van der Waals surface area (Å²) in [6.07, 6.45) is -0.180. The number of ketones is 1. The lowest BCUT2D eigenvalue weighted by atomic mass is 10.0. The number of carbonyl (C=O) groups is 1. The van der Waals surface area contributed by atoms with Gasteiger partial charge in [-0.25, -0.2) is 0 Å². The molecule has 2 aromatic heterocycles. The van der Waals surface area contributed by atoms with E-state index in [0.29, 0.717) is 26.7 Å². The molecule has 0 aliphatic rings. The standard InChI is InChI=1S/C22H15Cl2N3O2/c1-26-19-6-3-12(20(28)7-8-25)9-15(19)16-11-17(22(29)27(2)21(16)26)14-5-4-13(23)10-18(14)24/h3-6,9-11H,7H2,1-2H3. The molecule has 0 atom stereocenters. The second-order valence-corrected chi connectivity index (χ2v) is 7.68. The Morgan fingerprint density at radius 2 is 1.76 bits per heavy atom. The number of nitriles is 1. The second kappa shape index (κ2) is 7.07. The molecule has 2 heterocycles. The van der Waals surface area contributed by atoms with Crippen molar-refractivity contribution < 1.29 is 4.79 Å². The number of carbonyl (C=O) groups excluding carboxylic acids is 1. The van der Waals surface area contributed by atoms with Crippen molar-refractivity contribution >= 4 is 50.9 Å². The minimum absolute atomic E-state index is 0.180. The molecular weight excluding hydrogens is 409 g/mol. The summed E-state index contributed by atoms with van der Waals surface area (Å²) in [5.41, 5.74) is 2.92. The van der Waals surface area contributed by atoms with Crippen molar-refractivity contribution in [1.82, 2.24) is 9.13 Å². The molecule has 0 aliphatic carbocycles. The van der Waals surface area contributed by atoms with E-state index in [0.717, 1.165) is 21.9 Å². The van der Waals surface area contributed by atoms with Gasteiger partial charge in [-0.1, -0.05) is 29.3 Å². The summed E-state index contributed by atoms with van der Waals surface area (Å²) in [7, 11) is 3.58. The Morgan fingerprint density at radius 1 is 1.00 bits per heavy atom. The van der Waals surface area contributed by atoms with Gasteiger partial charge in [0.05, 0.1) is 23.0 Å². The average molecular weight is 424 g/mol. The van der Waals surface area contributed by atoms with E-state index in [1.807, 2.05) is 23.8 Å². The highest BCUT2D eigenvalue weighted by molar-refractivity contribution is 6.36. The van der Waals surface area contributed by atoms with Gasteiger partial charge in [-0.05, 0) is 36.4 Å². The third kappa shape index (κ3) is 3.02. The number of rotatable bonds is 3. The van der Waals surface area contributed by atoms with Crippen LogP contribution in [-0.4, -0.2) is 14.9 Å². The van der Waals surface area contributed by atoms with Gasteiger partial charge in [-0.2, -0.15) is 5.26 Å². The highest BCUT2D eigenvalue weighted by atomic mass is 35.5. The minimum atomic E-state index is -0.239. The zero-order chi connectivity index (χ0) is 20.9. The number of hydrogen-bond acceptors (Lipinski definition) is 3. The van der Waals surface area contributed by atoms with Crippen LogP contribution in [0.25, 0.3) is 33.1 Å². The first kappa shape index (κ1) is 19.3. The molecule has 0 saturated heterocycles. The van der Waals surface area contributed by atoms with E-state index in [1.165, 1.54) is 0 Å². The number of pyridine rings is 1. The lowest BCUT2D eigenvalue weighted by Gasteiger charge is -2.09. The van der Waals surface area contributed by atoms with Crippen molar-refractivity contribution in [3.05, 3.63) is 68.4 Å². The molecule has 0 spiro atoms. The first-order valence-electron chi connectivity index (χ1n) is 8.81. The molecule has 7 heteroatoms. The van der Waals surface area contributed by atoms with Crippen LogP contribution in [0.3, 0.4) is 0 Å².